The SMILES string of the molecule is CCOc1cccc(CNCC2(CC)CCCC2)c1O. The van der Waals surface area contributed by atoms with Gasteiger partial charge in [-0.15, -0.1) is 0 Å². The van der Waals surface area contributed by atoms with Crippen LogP contribution in [-0.4, -0.2) is 18.3 Å². The van der Waals surface area contributed by atoms with Crippen molar-refractivity contribution in [1.82, 2.24) is 5.32 Å². The number of para-hydroxylation sites is 1. The van der Waals surface area contributed by atoms with E-state index in [2.05, 4.69) is 12.2 Å². The molecule has 0 saturated heterocycles. The highest BCUT2D eigenvalue weighted by molar-refractivity contribution is 5.45. The molecule has 3 nitrogen and oxygen atoms in total. The third-order valence-corrected chi connectivity index (χ3v) is 4.61. The molecule has 20 heavy (non-hydrogen) atoms. The molecule has 1 aromatic carbocycles. The minimum atomic E-state index is 0.277. The number of phenolic OH excluding ortho intramolecular Hbond substituents is 1. The number of ether oxygens (including phenoxy) is 1. The Morgan fingerprint density at radius 1 is 1.25 bits per heavy atom. The first-order valence-corrected chi connectivity index (χ1v) is 7.85. The third-order valence-electron chi connectivity index (χ3n) is 4.61. The number of hydrogen-bond donors (Lipinski definition) is 2. The molecule has 1 saturated carbocycles. The van der Waals surface area contributed by atoms with Crippen molar-refractivity contribution >= 4 is 0 Å². The van der Waals surface area contributed by atoms with Gasteiger partial charge in [-0.05, 0) is 37.7 Å². The van der Waals surface area contributed by atoms with Gasteiger partial charge in [-0.3, -0.25) is 0 Å². The van der Waals surface area contributed by atoms with Gasteiger partial charge < -0.3 is 15.2 Å². The zero-order chi connectivity index (χ0) is 14.4. The van der Waals surface area contributed by atoms with E-state index in [1.165, 1.54) is 32.1 Å². The van der Waals surface area contributed by atoms with Crippen LogP contribution >= 0.6 is 0 Å². The molecule has 1 aromatic rings. The summed E-state index contributed by atoms with van der Waals surface area (Å²) >= 11 is 0. The molecule has 0 aliphatic heterocycles. The molecule has 0 heterocycles. The van der Waals surface area contributed by atoms with Crippen LogP contribution in [0.1, 0.15) is 51.5 Å². The van der Waals surface area contributed by atoms with Crippen LogP contribution < -0.4 is 10.1 Å². The van der Waals surface area contributed by atoms with Crippen molar-refractivity contribution in [1.29, 1.82) is 0 Å². The topological polar surface area (TPSA) is 41.5 Å². The van der Waals surface area contributed by atoms with E-state index in [9.17, 15) is 5.11 Å². The van der Waals surface area contributed by atoms with E-state index in [1.54, 1.807) is 0 Å². The Balaban J connectivity index is 1.92. The molecule has 1 aliphatic rings. The molecule has 0 atom stereocenters. The van der Waals surface area contributed by atoms with Crippen LogP contribution in [0.15, 0.2) is 18.2 Å². The zero-order valence-corrected chi connectivity index (χ0v) is 12.7. The van der Waals surface area contributed by atoms with Gasteiger partial charge in [0.2, 0.25) is 0 Å². The largest absolute Gasteiger partial charge is 0.504 e. The van der Waals surface area contributed by atoms with Gasteiger partial charge >= 0.3 is 0 Å². The van der Waals surface area contributed by atoms with Gasteiger partial charge in [0, 0.05) is 18.7 Å². The molecular formula is C17H27NO2. The van der Waals surface area contributed by atoms with Gasteiger partial charge in [-0.2, -0.15) is 0 Å². The quantitative estimate of drug-likeness (QED) is 0.795. The van der Waals surface area contributed by atoms with Gasteiger partial charge in [0.05, 0.1) is 6.61 Å². The van der Waals surface area contributed by atoms with E-state index >= 15 is 0 Å². The predicted molar refractivity (Wildman–Crippen MR) is 82.2 cm³/mol. The molecule has 1 fully saturated rings. The van der Waals surface area contributed by atoms with E-state index in [4.69, 9.17) is 4.74 Å². The summed E-state index contributed by atoms with van der Waals surface area (Å²) in [6, 6.07) is 5.71. The van der Waals surface area contributed by atoms with E-state index < -0.39 is 0 Å². The summed E-state index contributed by atoms with van der Waals surface area (Å²) in [7, 11) is 0. The second kappa shape index (κ2) is 6.98. The Labute approximate surface area is 122 Å². The van der Waals surface area contributed by atoms with Crippen LogP contribution in [0.5, 0.6) is 11.5 Å². The van der Waals surface area contributed by atoms with Gasteiger partial charge in [-0.25, -0.2) is 0 Å². The first-order valence-electron chi connectivity index (χ1n) is 7.85. The summed E-state index contributed by atoms with van der Waals surface area (Å²) in [6.07, 6.45) is 6.63. The van der Waals surface area contributed by atoms with Crippen molar-refractivity contribution in [2.75, 3.05) is 13.2 Å². The number of benzene rings is 1. The van der Waals surface area contributed by atoms with Crippen LogP contribution in [0.2, 0.25) is 0 Å². The summed E-state index contributed by atoms with van der Waals surface area (Å²) in [5.41, 5.74) is 1.40. The molecule has 0 spiro atoms. The molecule has 0 bridgehead atoms. The average molecular weight is 277 g/mol. The highest BCUT2D eigenvalue weighted by Gasteiger charge is 2.31. The molecule has 3 heteroatoms. The van der Waals surface area contributed by atoms with E-state index in [0.717, 1.165) is 12.1 Å². The fraction of sp³-hybridized carbons (Fsp3) is 0.647. The summed E-state index contributed by atoms with van der Waals surface area (Å²) in [5.74, 6) is 0.858. The summed E-state index contributed by atoms with van der Waals surface area (Å²) in [6.45, 7) is 6.54. The van der Waals surface area contributed by atoms with Gasteiger partial charge in [0.1, 0.15) is 0 Å². The van der Waals surface area contributed by atoms with E-state index in [-0.39, 0.29) is 5.75 Å². The van der Waals surface area contributed by atoms with Crippen LogP contribution in [0.3, 0.4) is 0 Å². The molecule has 2 N–H and O–H groups in total. The molecule has 0 aromatic heterocycles. The molecule has 1 aliphatic carbocycles. The molecular weight excluding hydrogens is 250 g/mol. The second-order valence-electron chi connectivity index (χ2n) is 5.86. The zero-order valence-electron chi connectivity index (χ0n) is 12.7. The smallest absolute Gasteiger partial charge is 0.162 e. The maximum Gasteiger partial charge on any atom is 0.162 e. The first-order chi connectivity index (χ1) is 9.71. The molecule has 112 valence electrons. The van der Waals surface area contributed by atoms with Gasteiger partial charge in [0.25, 0.3) is 0 Å². The normalized spacial score (nSPS) is 17.3. The number of phenols is 1. The van der Waals surface area contributed by atoms with Crippen LogP contribution in [0, 0.1) is 5.41 Å². The number of rotatable bonds is 7. The lowest BCUT2D eigenvalue weighted by Gasteiger charge is -2.28. The molecule has 2 rings (SSSR count). The summed E-state index contributed by atoms with van der Waals surface area (Å²) in [4.78, 5) is 0. The maximum absolute atomic E-state index is 10.2. The van der Waals surface area contributed by atoms with Crippen molar-refractivity contribution in [2.24, 2.45) is 5.41 Å². The minimum absolute atomic E-state index is 0.277. The lowest BCUT2D eigenvalue weighted by molar-refractivity contribution is 0.267. The fourth-order valence-corrected chi connectivity index (χ4v) is 3.23. The monoisotopic (exact) mass is 277 g/mol. The number of hydrogen-bond acceptors (Lipinski definition) is 3. The molecule has 0 amide bonds. The molecule has 0 unspecified atom stereocenters. The maximum atomic E-state index is 10.2. The van der Waals surface area contributed by atoms with Crippen LogP contribution in [-0.2, 0) is 6.54 Å². The summed E-state index contributed by atoms with van der Waals surface area (Å²) < 4.78 is 5.42. The highest BCUT2D eigenvalue weighted by atomic mass is 16.5. The lowest BCUT2D eigenvalue weighted by Crippen LogP contribution is -2.31. The van der Waals surface area contributed by atoms with Gasteiger partial charge in [-0.1, -0.05) is 31.9 Å². The van der Waals surface area contributed by atoms with E-state index in [1.807, 2.05) is 25.1 Å². The third kappa shape index (κ3) is 3.45. The van der Waals surface area contributed by atoms with Crippen molar-refractivity contribution in [3.05, 3.63) is 23.8 Å². The second-order valence-corrected chi connectivity index (χ2v) is 5.86. The highest BCUT2D eigenvalue weighted by Crippen LogP contribution is 2.40. The van der Waals surface area contributed by atoms with Crippen molar-refractivity contribution in [3.8, 4) is 11.5 Å². The van der Waals surface area contributed by atoms with Crippen molar-refractivity contribution in [3.63, 3.8) is 0 Å². The Bertz CT molecular complexity index is 425. The Kier molecular flexibility index (Phi) is 5.30. The van der Waals surface area contributed by atoms with Crippen LogP contribution in [0.4, 0.5) is 0 Å². The average Bonchev–Trinajstić information content (AvgIpc) is 2.92. The predicted octanol–water partition coefficient (Wildman–Crippen LogP) is 3.85. The lowest BCUT2D eigenvalue weighted by atomic mass is 9.83. The Hall–Kier alpha value is -1.22. The molecule has 0 radical (unpaired) electrons. The standard InChI is InChI=1S/C17H27NO2/c1-3-17(10-5-6-11-17)13-18-12-14-8-7-9-15(16(14)19)20-4-2/h7-9,18-19H,3-6,10-13H2,1-2H3. The number of nitrogens with one attached hydrogen (secondary N) is 1. The van der Waals surface area contributed by atoms with E-state index in [0.29, 0.717) is 24.3 Å². The Morgan fingerprint density at radius 2 is 2.00 bits per heavy atom. The van der Waals surface area contributed by atoms with Crippen molar-refractivity contribution < 1.29 is 9.84 Å². The summed E-state index contributed by atoms with van der Waals surface area (Å²) in [5, 5.41) is 13.7. The first kappa shape index (κ1) is 15.2. The number of aromatic hydroxyl groups is 1. The van der Waals surface area contributed by atoms with Crippen LogP contribution in [0.25, 0.3) is 0 Å². The minimum Gasteiger partial charge on any atom is -0.504 e. The fourth-order valence-electron chi connectivity index (χ4n) is 3.23. The van der Waals surface area contributed by atoms with Crippen molar-refractivity contribution in [2.45, 2.75) is 52.5 Å². The van der Waals surface area contributed by atoms with Gasteiger partial charge in [0.15, 0.2) is 11.5 Å². The Morgan fingerprint density at radius 3 is 2.65 bits per heavy atom.